The third-order valence-electron chi connectivity index (χ3n) is 5.56. The van der Waals surface area contributed by atoms with Gasteiger partial charge in [-0.25, -0.2) is 13.4 Å². The van der Waals surface area contributed by atoms with Crippen molar-refractivity contribution < 1.29 is 13.2 Å². The van der Waals surface area contributed by atoms with Crippen LogP contribution in [0.3, 0.4) is 0 Å². The van der Waals surface area contributed by atoms with Crippen LogP contribution in [0.25, 0.3) is 0 Å². The molecule has 34 heavy (non-hydrogen) atoms. The predicted molar refractivity (Wildman–Crippen MR) is 136 cm³/mol. The number of carbonyl (C=O) groups is 1. The second kappa shape index (κ2) is 10.3. The van der Waals surface area contributed by atoms with Crippen molar-refractivity contribution in [1.82, 2.24) is 4.98 Å². The molecule has 1 aromatic heterocycles. The summed E-state index contributed by atoms with van der Waals surface area (Å²) in [5.74, 6) is -0.102. The first-order valence-corrected chi connectivity index (χ1v) is 12.7. The van der Waals surface area contributed by atoms with E-state index < -0.39 is 15.9 Å². The van der Waals surface area contributed by atoms with Crippen LogP contribution in [0.1, 0.15) is 23.2 Å². The number of sulfonamides is 1. The average molecular weight is 497 g/mol. The summed E-state index contributed by atoms with van der Waals surface area (Å²) in [6.45, 7) is 5.72. The van der Waals surface area contributed by atoms with Gasteiger partial charge in [0.15, 0.2) is 0 Å². The van der Waals surface area contributed by atoms with Crippen LogP contribution in [0, 0.1) is 0 Å². The van der Waals surface area contributed by atoms with Crippen LogP contribution in [0.2, 0.25) is 5.02 Å². The number of anilines is 3. The Labute approximate surface area is 204 Å². The number of nitrogens with zero attached hydrogens (tertiary/aromatic N) is 3. The fraction of sp³-hybridized carbons (Fsp3) is 0.200. The summed E-state index contributed by atoms with van der Waals surface area (Å²) < 4.78 is 28.2. The molecule has 176 valence electrons. The van der Waals surface area contributed by atoms with Gasteiger partial charge in [0.25, 0.3) is 15.9 Å². The Morgan fingerprint density at radius 1 is 1.12 bits per heavy atom. The molecular weight excluding hydrogens is 472 g/mol. The van der Waals surface area contributed by atoms with Crippen molar-refractivity contribution in [3.05, 3.63) is 90.1 Å². The highest BCUT2D eigenvalue weighted by atomic mass is 35.5. The lowest BCUT2D eigenvalue weighted by Crippen LogP contribution is -2.31. The maximum atomic E-state index is 13.5. The highest BCUT2D eigenvalue weighted by Gasteiger charge is 2.27. The van der Waals surface area contributed by atoms with Crippen molar-refractivity contribution in [2.24, 2.45) is 0 Å². The zero-order valence-electron chi connectivity index (χ0n) is 18.5. The smallest absolute Gasteiger partial charge is 0.266 e. The van der Waals surface area contributed by atoms with Crippen molar-refractivity contribution >= 4 is 44.7 Å². The number of pyridine rings is 1. The van der Waals surface area contributed by atoms with Crippen LogP contribution < -0.4 is 14.5 Å². The number of aromatic nitrogens is 1. The summed E-state index contributed by atoms with van der Waals surface area (Å²) in [5.41, 5.74) is 1.63. The Morgan fingerprint density at radius 2 is 1.85 bits per heavy atom. The molecule has 0 aliphatic carbocycles. The maximum absolute atomic E-state index is 13.5. The van der Waals surface area contributed by atoms with Crippen molar-refractivity contribution in [1.29, 1.82) is 0 Å². The van der Waals surface area contributed by atoms with Crippen molar-refractivity contribution in [3.63, 3.8) is 0 Å². The Hall–Kier alpha value is -3.36. The standard InChI is InChI=1S/C25H25ClN4O3S/c1-2-14-30(20-8-4-3-5-9-20)34(32,33)23-17-19(10-12-22(23)26)25(31)28-24-13-11-21(18-27-24)29-15-6-7-16-29/h2-5,8-13,17-18H,1,6-7,14-16H2,(H,27,28,31). The first kappa shape index (κ1) is 23.8. The van der Waals surface area contributed by atoms with E-state index in [2.05, 4.69) is 21.8 Å². The van der Waals surface area contributed by atoms with E-state index in [1.165, 1.54) is 28.6 Å². The Kier molecular flexibility index (Phi) is 7.19. The topological polar surface area (TPSA) is 82.6 Å². The van der Waals surface area contributed by atoms with Gasteiger partial charge in [-0.2, -0.15) is 0 Å². The van der Waals surface area contributed by atoms with E-state index in [1.54, 1.807) is 42.6 Å². The van der Waals surface area contributed by atoms with Gasteiger partial charge in [0, 0.05) is 18.7 Å². The van der Waals surface area contributed by atoms with Gasteiger partial charge in [0.05, 0.1) is 29.1 Å². The number of amides is 1. The first-order chi connectivity index (χ1) is 16.4. The van der Waals surface area contributed by atoms with E-state index in [4.69, 9.17) is 11.6 Å². The highest BCUT2D eigenvalue weighted by Crippen LogP contribution is 2.30. The van der Waals surface area contributed by atoms with Gasteiger partial charge in [-0.3, -0.25) is 9.10 Å². The molecule has 0 radical (unpaired) electrons. The third-order valence-corrected chi connectivity index (χ3v) is 7.84. The molecule has 3 aromatic rings. The third kappa shape index (κ3) is 5.08. The molecule has 4 rings (SSSR count). The van der Waals surface area contributed by atoms with Gasteiger partial charge in [-0.05, 0) is 55.3 Å². The fourth-order valence-electron chi connectivity index (χ4n) is 3.83. The molecule has 0 atom stereocenters. The number of rotatable bonds is 8. The molecule has 1 N–H and O–H groups in total. The lowest BCUT2D eigenvalue weighted by Gasteiger charge is -2.24. The molecule has 9 heteroatoms. The van der Waals surface area contributed by atoms with Crippen molar-refractivity contribution in [3.8, 4) is 0 Å². The minimum atomic E-state index is -4.06. The van der Waals surface area contributed by atoms with Gasteiger partial charge in [-0.1, -0.05) is 35.9 Å². The molecule has 0 spiro atoms. The first-order valence-electron chi connectivity index (χ1n) is 10.9. The number of hydrogen-bond acceptors (Lipinski definition) is 5. The zero-order chi connectivity index (χ0) is 24.1. The summed E-state index contributed by atoms with van der Waals surface area (Å²) in [5, 5.41) is 2.75. The predicted octanol–water partition coefficient (Wildman–Crippen LogP) is 4.97. The van der Waals surface area contributed by atoms with E-state index in [9.17, 15) is 13.2 Å². The van der Waals surface area contributed by atoms with Gasteiger partial charge in [0.2, 0.25) is 0 Å². The largest absolute Gasteiger partial charge is 0.370 e. The van der Waals surface area contributed by atoms with Gasteiger partial charge < -0.3 is 10.2 Å². The number of halogens is 1. The van der Waals surface area contributed by atoms with E-state index in [1.807, 2.05) is 6.07 Å². The van der Waals surface area contributed by atoms with Crippen molar-refractivity contribution in [2.75, 3.05) is 34.2 Å². The molecule has 1 amide bonds. The zero-order valence-corrected chi connectivity index (χ0v) is 20.1. The molecule has 2 aromatic carbocycles. The monoisotopic (exact) mass is 496 g/mol. The van der Waals surface area contributed by atoms with E-state index in [0.717, 1.165) is 31.6 Å². The average Bonchev–Trinajstić information content (AvgIpc) is 3.38. The van der Waals surface area contributed by atoms with Crippen LogP contribution in [-0.4, -0.2) is 38.9 Å². The summed E-state index contributed by atoms with van der Waals surface area (Å²) in [6.07, 6.45) is 5.54. The number of carbonyl (C=O) groups excluding carboxylic acids is 1. The molecular formula is C25H25ClN4O3S. The van der Waals surface area contributed by atoms with Gasteiger partial charge in [0.1, 0.15) is 10.7 Å². The Bertz CT molecular complexity index is 1280. The molecule has 0 unspecified atom stereocenters. The number of benzene rings is 2. The van der Waals surface area contributed by atoms with Crippen LogP contribution >= 0.6 is 11.6 Å². The highest BCUT2D eigenvalue weighted by molar-refractivity contribution is 7.93. The molecule has 1 fully saturated rings. The van der Waals surface area contributed by atoms with Crippen LogP contribution in [0.5, 0.6) is 0 Å². The minimum Gasteiger partial charge on any atom is -0.370 e. The number of hydrogen-bond donors (Lipinski definition) is 1. The summed E-state index contributed by atoms with van der Waals surface area (Å²) >= 11 is 6.28. The van der Waals surface area contributed by atoms with Gasteiger partial charge >= 0.3 is 0 Å². The molecule has 1 aliphatic heterocycles. The molecule has 1 aliphatic rings. The van der Waals surface area contributed by atoms with Crippen LogP contribution in [0.15, 0.2) is 84.4 Å². The minimum absolute atomic E-state index is 0.0228. The Morgan fingerprint density at radius 3 is 2.50 bits per heavy atom. The summed E-state index contributed by atoms with van der Waals surface area (Å²) in [7, 11) is -4.06. The van der Waals surface area contributed by atoms with Gasteiger partial charge in [-0.15, -0.1) is 6.58 Å². The van der Waals surface area contributed by atoms with E-state index >= 15 is 0 Å². The number of nitrogens with one attached hydrogen (secondary N) is 1. The molecule has 0 bridgehead atoms. The van der Waals surface area contributed by atoms with E-state index in [0.29, 0.717) is 11.5 Å². The SMILES string of the molecule is C=CCN(c1ccccc1)S(=O)(=O)c1cc(C(=O)Nc2ccc(N3CCCC3)cn2)ccc1Cl. The normalized spacial score (nSPS) is 13.5. The second-order valence-corrected chi connectivity index (χ2v) is 10.1. The lowest BCUT2D eigenvalue weighted by atomic mass is 10.2. The fourth-order valence-corrected chi connectivity index (χ4v) is 5.76. The van der Waals surface area contributed by atoms with Crippen molar-refractivity contribution in [2.45, 2.75) is 17.7 Å². The molecule has 0 saturated carbocycles. The summed E-state index contributed by atoms with van der Waals surface area (Å²) in [4.78, 5) is 19.3. The second-order valence-electron chi connectivity index (χ2n) is 7.86. The number of para-hydroxylation sites is 1. The maximum Gasteiger partial charge on any atom is 0.266 e. The molecule has 2 heterocycles. The van der Waals surface area contributed by atoms with E-state index in [-0.39, 0.29) is 22.0 Å². The van der Waals surface area contributed by atoms with Crippen LogP contribution in [0.4, 0.5) is 17.2 Å². The lowest BCUT2D eigenvalue weighted by molar-refractivity contribution is 0.102. The molecule has 7 nitrogen and oxygen atoms in total. The summed E-state index contributed by atoms with van der Waals surface area (Å²) in [6, 6.07) is 16.5. The Balaban J connectivity index is 1.58. The quantitative estimate of drug-likeness (QED) is 0.445. The van der Waals surface area contributed by atoms with Crippen LogP contribution in [-0.2, 0) is 10.0 Å². The molecule has 1 saturated heterocycles.